The van der Waals surface area contributed by atoms with Crippen molar-refractivity contribution in [3.8, 4) is 5.75 Å². The molecule has 0 bridgehead atoms. The summed E-state index contributed by atoms with van der Waals surface area (Å²) in [6.07, 6.45) is 2.14. The van der Waals surface area contributed by atoms with Crippen molar-refractivity contribution in [3.63, 3.8) is 0 Å². The smallest absolute Gasteiger partial charge is 0.480 e. The minimum atomic E-state index is -4.70. The van der Waals surface area contributed by atoms with E-state index >= 15 is 0 Å². The number of thioether (sulfide) groups is 1. The molecule has 0 radical (unpaired) electrons. The number of phosphoric acid groups is 1. The third kappa shape index (κ3) is 14.0. The molecule has 3 atom stereocenters. The summed E-state index contributed by atoms with van der Waals surface area (Å²) >= 11 is 1.43. The molecule has 240 valence electrons. The molecule has 15 nitrogen and oxygen atoms in total. The molecule has 4 amide bonds. The largest absolute Gasteiger partial charge is 0.524 e. The third-order valence-electron chi connectivity index (χ3n) is 5.97. The van der Waals surface area contributed by atoms with Crippen molar-refractivity contribution < 1.29 is 48.0 Å². The van der Waals surface area contributed by atoms with E-state index < -0.39 is 68.6 Å². The van der Waals surface area contributed by atoms with Crippen LogP contribution in [0.15, 0.2) is 54.6 Å². The first-order valence-corrected chi connectivity index (χ1v) is 16.2. The normalized spacial score (nSPS) is 13.1. The number of carboxylic acids is 1. The molecule has 9 N–H and O–H groups in total. The number of nitrogens with one attached hydrogen (secondary N) is 4. The third-order valence-corrected chi connectivity index (χ3v) is 7.06. The molecule has 44 heavy (non-hydrogen) atoms. The van der Waals surface area contributed by atoms with E-state index in [-0.39, 0.29) is 25.0 Å². The molecule has 0 heterocycles. The van der Waals surface area contributed by atoms with Gasteiger partial charge in [-0.1, -0.05) is 42.5 Å². The van der Waals surface area contributed by atoms with Crippen LogP contribution in [0.25, 0.3) is 0 Å². The first-order chi connectivity index (χ1) is 20.8. The van der Waals surface area contributed by atoms with E-state index in [2.05, 4.69) is 25.8 Å². The molecule has 17 heteroatoms. The van der Waals surface area contributed by atoms with Gasteiger partial charge in [-0.2, -0.15) is 11.8 Å². The van der Waals surface area contributed by atoms with Crippen LogP contribution in [0.1, 0.15) is 17.5 Å². The molecule has 2 rings (SSSR count). The van der Waals surface area contributed by atoms with E-state index in [9.17, 15) is 33.6 Å². The van der Waals surface area contributed by atoms with Gasteiger partial charge >= 0.3 is 13.8 Å². The van der Waals surface area contributed by atoms with Crippen molar-refractivity contribution in [1.29, 1.82) is 0 Å². The van der Waals surface area contributed by atoms with Gasteiger partial charge in [-0.15, -0.1) is 0 Å². The number of carbonyl (C=O) groups is 5. The Balaban J connectivity index is 1.86. The van der Waals surface area contributed by atoms with Crippen molar-refractivity contribution in [2.75, 3.05) is 25.1 Å². The zero-order chi connectivity index (χ0) is 32.7. The summed E-state index contributed by atoms with van der Waals surface area (Å²) in [7, 11) is -4.70. The highest BCUT2D eigenvalue weighted by atomic mass is 32.2. The topological polar surface area (TPSA) is 246 Å². The van der Waals surface area contributed by atoms with Gasteiger partial charge in [0.25, 0.3) is 0 Å². The van der Waals surface area contributed by atoms with E-state index in [0.717, 1.165) is 5.56 Å². The highest BCUT2D eigenvalue weighted by Gasteiger charge is 2.27. The van der Waals surface area contributed by atoms with Gasteiger partial charge < -0.3 is 36.6 Å². The van der Waals surface area contributed by atoms with Gasteiger partial charge in [-0.3, -0.25) is 29.0 Å². The molecule has 0 aliphatic carbocycles. The number of hydrogen-bond acceptors (Lipinski definition) is 9. The van der Waals surface area contributed by atoms with Crippen LogP contribution in [0.2, 0.25) is 0 Å². The van der Waals surface area contributed by atoms with Crippen molar-refractivity contribution in [2.24, 2.45) is 5.73 Å². The van der Waals surface area contributed by atoms with E-state index in [1.54, 1.807) is 30.3 Å². The monoisotopic (exact) mass is 653 g/mol. The standard InChI is InChI=1S/C27H36N5O10PS/c1-44-12-11-21(27(37)38)32-26(36)22(14-17-5-3-2-4-6-17)31-24(34)16-29-23(33)15-30-25(35)20(28)13-18-7-9-19(10-8-18)42-43(39,40)41/h2-10,20-22H,11-16,28H2,1H3,(H,29,33)(H,30,35)(H,31,34)(H,32,36)(H,37,38)(H2,39,40,41)/t20-,21-,22-/m0/s1. The molecule has 2 aromatic carbocycles. The van der Waals surface area contributed by atoms with Crippen LogP contribution in [0, 0.1) is 0 Å². The number of rotatable bonds is 18. The van der Waals surface area contributed by atoms with Crippen LogP contribution in [-0.2, 0) is 41.4 Å². The first-order valence-electron chi connectivity index (χ1n) is 13.3. The molecule has 0 aliphatic heterocycles. The number of phosphoric ester groups is 1. The van der Waals surface area contributed by atoms with Gasteiger partial charge in [0.15, 0.2) is 0 Å². The maximum absolute atomic E-state index is 13.0. The lowest BCUT2D eigenvalue weighted by Crippen LogP contribution is -2.54. The average molecular weight is 654 g/mol. The molecule has 0 aliphatic rings. The summed E-state index contributed by atoms with van der Waals surface area (Å²) in [5, 5.41) is 19.1. The van der Waals surface area contributed by atoms with Crippen LogP contribution in [0.3, 0.4) is 0 Å². The molecule has 0 spiro atoms. The Morgan fingerprint density at radius 3 is 2.05 bits per heavy atom. The van der Waals surface area contributed by atoms with Crippen molar-refractivity contribution in [1.82, 2.24) is 21.3 Å². The number of benzene rings is 2. The number of amides is 4. The lowest BCUT2D eigenvalue weighted by atomic mass is 10.0. The summed E-state index contributed by atoms with van der Waals surface area (Å²) in [5.41, 5.74) is 7.17. The maximum atomic E-state index is 13.0. The van der Waals surface area contributed by atoms with Gasteiger partial charge in [0.1, 0.15) is 17.8 Å². The van der Waals surface area contributed by atoms with Gasteiger partial charge in [0.2, 0.25) is 23.6 Å². The number of nitrogens with two attached hydrogens (primary N) is 1. The fourth-order valence-electron chi connectivity index (χ4n) is 3.78. The van der Waals surface area contributed by atoms with E-state index in [1.165, 1.54) is 36.0 Å². The predicted molar refractivity (Wildman–Crippen MR) is 161 cm³/mol. The summed E-state index contributed by atoms with van der Waals surface area (Å²) in [5.74, 6) is -3.52. The van der Waals surface area contributed by atoms with Crippen molar-refractivity contribution in [2.45, 2.75) is 37.4 Å². The molecular weight excluding hydrogens is 617 g/mol. The fraction of sp³-hybridized carbons (Fsp3) is 0.370. The molecular formula is C27H36N5O10PS. The Bertz CT molecular complexity index is 1330. The highest BCUT2D eigenvalue weighted by molar-refractivity contribution is 7.98. The van der Waals surface area contributed by atoms with Crippen molar-refractivity contribution >= 4 is 49.2 Å². The lowest BCUT2D eigenvalue weighted by molar-refractivity contribution is -0.142. The lowest BCUT2D eigenvalue weighted by Gasteiger charge is -2.22. The van der Waals surface area contributed by atoms with Crippen LogP contribution < -0.4 is 31.5 Å². The molecule has 0 saturated heterocycles. The first kappa shape index (κ1) is 36.2. The fourth-order valence-corrected chi connectivity index (χ4v) is 4.65. The molecule has 2 aromatic rings. The Morgan fingerprint density at radius 1 is 0.841 bits per heavy atom. The van der Waals surface area contributed by atoms with Gasteiger partial charge in [-0.25, -0.2) is 9.36 Å². The van der Waals surface area contributed by atoms with Crippen LogP contribution in [-0.4, -0.2) is 87.7 Å². The van der Waals surface area contributed by atoms with Gasteiger partial charge in [-0.05, 0) is 48.1 Å². The van der Waals surface area contributed by atoms with Crippen LogP contribution in [0.4, 0.5) is 0 Å². The number of hydrogen-bond donors (Lipinski definition) is 8. The molecule has 0 saturated carbocycles. The molecule has 0 fully saturated rings. The zero-order valence-electron chi connectivity index (χ0n) is 23.8. The quantitative estimate of drug-likeness (QED) is 0.0932. The number of aliphatic carboxylic acids is 1. The second-order valence-corrected chi connectivity index (χ2v) is 11.7. The van der Waals surface area contributed by atoms with Crippen LogP contribution in [0.5, 0.6) is 5.75 Å². The Labute approximate surface area is 257 Å². The second kappa shape index (κ2) is 18.0. The Kier molecular flexibility index (Phi) is 14.8. The average Bonchev–Trinajstić information content (AvgIpc) is 2.97. The number of carboxylic acid groups (broad SMARTS) is 1. The second-order valence-electron chi connectivity index (χ2n) is 9.52. The predicted octanol–water partition coefficient (Wildman–Crippen LogP) is -0.690. The highest BCUT2D eigenvalue weighted by Crippen LogP contribution is 2.37. The number of carbonyl (C=O) groups excluding carboxylic acids is 4. The minimum absolute atomic E-state index is 0.0525. The SMILES string of the molecule is CSCC[C@H](NC(=O)[C@H](Cc1ccccc1)NC(=O)CNC(=O)CNC(=O)[C@@H](N)Cc1ccc(OP(=O)(O)O)cc1)C(=O)O. The van der Waals surface area contributed by atoms with Crippen LogP contribution >= 0.6 is 19.6 Å². The maximum Gasteiger partial charge on any atom is 0.524 e. The molecule has 0 unspecified atom stereocenters. The molecule has 0 aromatic heterocycles. The summed E-state index contributed by atoms with van der Waals surface area (Å²) in [6, 6.07) is 11.0. The zero-order valence-corrected chi connectivity index (χ0v) is 25.5. The summed E-state index contributed by atoms with van der Waals surface area (Å²) < 4.78 is 15.3. The van der Waals surface area contributed by atoms with E-state index in [1.807, 2.05) is 6.26 Å². The van der Waals surface area contributed by atoms with E-state index in [4.69, 9.17) is 15.5 Å². The summed E-state index contributed by atoms with van der Waals surface area (Å²) in [4.78, 5) is 79.4. The minimum Gasteiger partial charge on any atom is -0.480 e. The van der Waals surface area contributed by atoms with E-state index in [0.29, 0.717) is 11.3 Å². The van der Waals surface area contributed by atoms with Gasteiger partial charge in [0.05, 0.1) is 19.1 Å². The Hall–Kier alpha value is -3.95. The van der Waals surface area contributed by atoms with Gasteiger partial charge in [0, 0.05) is 6.42 Å². The Morgan fingerprint density at radius 2 is 1.45 bits per heavy atom. The van der Waals surface area contributed by atoms with Crippen molar-refractivity contribution in [3.05, 3.63) is 65.7 Å². The summed E-state index contributed by atoms with van der Waals surface area (Å²) in [6.45, 7) is -1.00.